The summed E-state index contributed by atoms with van der Waals surface area (Å²) in [6.07, 6.45) is 1.06. The van der Waals surface area contributed by atoms with Crippen LogP contribution in [0.3, 0.4) is 0 Å². The molecule has 2 aromatic rings. The van der Waals surface area contributed by atoms with Crippen molar-refractivity contribution in [3.63, 3.8) is 0 Å². The lowest BCUT2D eigenvalue weighted by molar-refractivity contribution is -0.383. The lowest BCUT2D eigenvalue weighted by Gasteiger charge is -2.04. The van der Waals surface area contributed by atoms with Crippen molar-refractivity contribution in [1.29, 1.82) is 0 Å². The fourth-order valence-corrected chi connectivity index (χ4v) is 3.62. The molecule has 2 N–H and O–H groups in total. The van der Waals surface area contributed by atoms with E-state index in [1.807, 2.05) is 0 Å². The third kappa shape index (κ3) is 2.84. The van der Waals surface area contributed by atoms with Crippen LogP contribution < -0.4 is 10.0 Å². The Balaban J connectivity index is 1.91. The van der Waals surface area contributed by atoms with E-state index in [1.165, 1.54) is 24.3 Å². The first-order chi connectivity index (χ1) is 11.4. The van der Waals surface area contributed by atoms with Gasteiger partial charge in [0.2, 0.25) is 0 Å². The van der Waals surface area contributed by atoms with E-state index >= 15 is 0 Å². The number of nitrogens with one attached hydrogen (secondary N) is 2. The summed E-state index contributed by atoms with van der Waals surface area (Å²) in [4.78, 5) is 22.5. The number of fused-ring (bicyclic) bond motifs is 1. The topological polar surface area (TPSA) is 118 Å². The molecular formula is C15H11N3O5S. The van der Waals surface area contributed by atoms with Crippen molar-refractivity contribution in [2.75, 3.05) is 5.32 Å². The van der Waals surface area contributed by atoms with Gasteiger partial charge in [-0.1, -0.05) is 30.3 Å². The molecule has 0 atom stereocenters. The number of anilines is 1. The van der Waals surface area contributed by atoms with Gasteiger partial charge in [0, 0.05) is 17.7 Å². The predicted octanol–water partition coefficient (Wildman–Crippen LogP) is 1.87. The highest BCUT2D eigenvalue weighted by Gasteiger charge is 2.29. The summed E-state index contributed by atoms with van der Waals surface area (Å²) in [5.41, 5.74) is 0.257. The van der Waals surface area contributed by atoms with Gasteiger partial charge < -0.3 is 5.32 Å². The molecule has 0 aliphatic carbocycles. The molecule has 1 aliphatic heterocycles. The summed E-state index contributed by atoms with van der Waals surface area (Å²) in [6, 6.07) is 11.9. The molecule has 0 spiro atoms. The molecule has 0 bridgehead atoms. The summed E-state index contributed by atoms with van der Waals surface area (Å²) >= 11 is 0. The van der Waals surface area contributed by atoms with E-state index in [1.54, 1.807) is 24.3 Å². The quantitative estimate of drug-likeness (QED) is 0.500. The Bertz CT molecular complexity index is 982. The van der Waals surface area contributed by atoms with Crippen LogP contribution in [0.1, 0.15) is 5.56 Å². The maximum Gasteiger partial charge on any atom is 0.292 e. The predicted molar refractivity (Wildman–Crippen MR) is 86.5 cm³/mol. The van der Waals surface area contributed by atoms with Crippen LogP contribution in [0, 0.1) is 10.1 Å². The van der Waals surface area contributed by atoms with Crippen LogP contribution >= 0.6 is 0 Å². The Labute approximate surface area is 137 Å². The van der Waals surface area contributed by atoms with Crippen molar-refractivity contribution >= 4 is 33.0 Å². The molecule has 122 valence electrons. The molecule has 3 rings (SSSR count). The number of benzene rings is 2. The van der Waals surface area contributed by atoms with Gasteiger partial charge in [0.25, 0.3) is 21.6 Å². The molecule has 0 saturated heterocycles. The third-order valence-corrected chi connectivity index (χ3v) is 4.77. The number of nitrogens with zero attached hydrogens (tertiary/aromatic N) is 1. The third-order valence-electron chi connectivity index (χ3n) is 3.35. The molecule has 2 aromatic carbocycles. The molecule has 0 unspecified atom stereocenters. The number of sulfonamides is 1. The Hall–Kier alpha value is -3.20. The Kier molecular flexibility index (Phi) is 3.78. The number of amides is 1. The van der Waals surface area contributed by atoms with Gasteiger partial charge in [0.1, 0.15) is 5.69 Å². The highest BCUT2D eigenvalue weighted by Crippen LogP contribution is 2.30. The molecule has 1 amide bonds. The average molecular weight is 345 g/mol. The van der Waals surface area contributed by atoms with Gasteiger partial charge in [-0.3, -0.25) is 19.6 Å². The molecule has 1 aliphatic rings. The van der Waals surface area contributed by atoms with Gasteiger partial charge in [-0.25, -0.2) is 8.42 Å². The number of nitro benzene ring substituents is 1. The fourth-order valence-electron chi connectivity index (χ4n) is 2.32. The fraction of sp³-hybridized carbons (Fsp3) is 0. The van der Waals surface area contributed by atoms with Gasteiger partial charge in [-0.2, -0.15) is 0 Å². The highest BCUT2D eigenvalue weighted by molar-refractivity contribution is 7.90. The number of nitro groups is 1. The largest absolute Gasteiger partial charge is 0.317 e. The highest BCUT2D eigenvalue weighted by atomic mass is 32.2. The summed E-state index contributed by atoms with van der Waals surface area (Å²) in [7, 11) is -3.70. The van der Waals surface area contributed by atoms with E-state index in [2.05, 4.69) is 10.0 Å². The smallest absolute Gasteiger partial charge is 0.292 e. The zero-order valence-electron chi connectivity index (χ0n) is 12.1. The second kappa shape index (κ2) is 5.78. The van der Waals surface area contributed by atoms with Crippen LogP contribution in [0.15, 0.2) is 59.5 Å². The number of carbonyl (C=O) groups is 1. The standard InChI is InChI=1S/C15H11N3O5S/c19-15(16-11-6-2-3-7-13(11)18(20)21)9-12-10-5-1-4-8-14(10)24(22,23)17-12/h1-9,17H,(H,16,19). The van der Waals surface area contributed by atoms with E-state index in [9.17, 15) is 23.3 Å². The second-order valence-electron chi connectivity index (χ2n) is 4.92. The first-order valence-corrected chi connectivity index (χ1v) is 8.25. The van der Waals surface area contributed by atoms with Gasteiger partial charge >= 0.3 is 0 Å². The summed E-state index contributed by atoms with van der Waals surface area (Å²) < 4.78 is 26.2. The monoisotopic (exact) mass is 345 g/mol. The normalized spacial score (nSPS) is 16.2. The van der Waals surface area contributed by atoms with Crippen molar-refractivity contribution in [3.8, 4) is 0 Å². The minimum Gasteiger partial charge on any atom is -0.317 e. The number of carbonyl (C=O) groups excluding carboxylic acids is 1. The van der Waals surface area contributed by atoms with Gasteiger partial charge in [-0.05, 0) is 12.1 Å². The molecule has 1 heterocycles. The van der Waals surface area contributed by atoms with Crippen LogP contribution in [-0.4, -0.2) is 19.2 Å². The van der Waals surface area contributed by atoms with Crippen molar-refractivity contribution in [1.82, 2.24) is 4.72 Å². The van der Waals surface area contributed by atoms with Crippen LogP contribution in [-0.2, 0) is 14.8 Å². The van der Waals surface area contributed by atoms with Crippen molar-refractivity contribution in [2.24, 2.45) is 0 Å². The number of hydrogen-bond donors (Lipinski definition) is 2. The van der Waals surface area contributed by atoms with E-state index in [4.69, 9.17) is 0 Å². The van der Waals surface area contributed by atoms with Gasteiger partial charge in [-0.15, -0.1) is 0 Å². The van der Waals surface area contributed by atoms with Gasteiger partial charge in [0.05, 0.1) is 15.5 Å². The zero-order chi connectivity index (χ0) is 17.3. The van der Waals surface area contributed by atoms with E-state index in [0.717, 1.165) is 6.08 Å². The first kappa shape index (κ1) is 15.7. The van der Waals surface area contributed by atoms with Crippen molar-refractivity contribution in [2.45, 2.75) is 4.90 Å². The summed E-state index contributed by atoms with van der Waals surface area (Å²) in [6.45, 7) is 0. The van der Waals surface area contributed by atoms with Crippen LogP contribution in [0.2, 0.25) is 0 Å². The summed E-state index contributed by atoms with van der Waals surface area (Å²) in [5, 5.41) is 13.3. The van der Waals surface area contributed by atoms with Crippen molar-refractivity contribution in [3.05, 3.63) is 70.3 Å². The maximum atomic E-state index is 12.1. The van der Waals surface area contributed by atoms with Crippen molar-refractivity contribution < 1.29 is 18.1 Å². The number of para-hydroxylation sites is 2. The van der Waals surface area contributed by atoms with Crippen LogP contribution in [0.4, 0.5) is 11.4 Å². The van der Waals surface area contributed by atoms with Gasteiger partial charge in [0.15, 0.2) is 0 Å². The Morgan fingerprint density at radius 2 is 1.79 bits per heavy atom. The SMILES string of the molecule is O=C(C=C1NS(=O)(=O)c2ccccc21)Nc1ccccc1[N+](=O)[O-]. The Morgan fingerprint density at radius 3 is 2.54 bits per heavy atom. The molecule has 24 heavy (non-hydrogen) atoms. The Morgan fingerprint density at radius 1 is 1.12 bits per heavy atom. The molecule has 0 aromatic heterocycles. The summed E-state index contributed by atoms with van der Waals surface area (Å²) in [5.74, 6) is -0.682. The molecule has 0 fully saturated rings. The molecule has 8 nitrogen and oxygen atoms in total. The van der Waals surface area contributed by atoms with E-state index in [-0.39, 0.29) is 22.0 Å². The van der Waals surface area contributed by atoms with E-state index in [0.29, 0.717) is 5.56 Å². The van der Waals surface area contributed by atoms with Crippen LogP contribution in [0.5, 0.6) is 0 Å². The molecular weight excluding hydrogens is 334 g/mol. The average Bonchev–Trinajstić information content (AvgIpc) is 2.79. The zero-order valence-corrected chi connectivity index (χ0v) is 12.9. The van der Waals surface area contributed by atoms with Crippen LogP contribution in [0.25, 0.3) is 5.70 Å². The number of rotatable bonds is 3. The first-order valence-electron chi connectivity index (χ1n) is 6.77. The minimum absolute atomic E-state index is 0.0264. The molecule has 0 saturated carbocycles. The van der Waals surface area contributed by atoms with E-state index < -0.39 is 20.9 Å². The number of hydrogen-bond acceptors (Lipinski definition) is 5. The molecule has 9 heteroatoms. The lowest BCUT2D eigenvalue weighted by Crippen LogP contribution is -2.16. The molecule has 0 radical (unpaired) electrons. The maximum absolute atomic E-state index is 12.1. The second-order valence-corrected chi connectivity index (χ2v) is 6.57. The minimum atomic E-state index is -3.70. The lowest BCUT2D eigenvalue weighted by atomic mass is 10.1.